The lowest BCUT2D eigenvalue weighted by Gasteiger charge is -2.36. The molecular weight excluding hydrogens is 545 g/mol. The highest BCUT2D eigenvalue weighted by Crippen LogP contribution is 2.49. The van der Waals surface area contributed by atoms with Crippen molar-refractivity contribution >= 4 is 41.8 Å². The van der Waals surface area contributed by atoms with E-state index in [-0.39, 0.29) is 17.1 Å². The van der Waals surface area contributed by atoms with E-state index in [0.717, 1.165) is 37.8 Å². The first-order chi connectivity index (χ1) is 19.2. The Morgan fingerprint density at radius 3 is 2.20 bits per heavy atom. The van der Waals surface area contributed by atoms with Crippen LogP contribution in [0.15, 0.2) is 72.8 Å². The molecule has 4 aromatic rings. The van der Waals surface area contributed by atoms with E-state index in [2.05, 4.69) is 90.2 Å². The molecule has 0 saturated carbocycles. The number of hydrogen-bond donors (Lipinski definition) is 0. The number of benzene rings is 3. The fourth-order valence-corrected chi connectivity index (χ4v) is 6.48. The fraction of sp³-hybridized carbons (Fsp3) is 0.343. The molecule has 0 saturated heterocycles. The Balaban J connectivity index is 1.73. The molecule has 41 heavy (non-hydrogen) atoms. The molecule has 0 unspecified atom stereocenters. The van der Waals surface area contributed by atoms with Gasteiger partial charge in [0.25, 0.3) is 0 Å². The van der Waals surface area contributed by atoms with Crippen molar-refractivity contribution in [1.29, 1.82) is 0 Å². The summed E-state index contributed by atoms with van der Waals surface area (Å²) in [5.74, 6) is 2.51. The summed E-state index contributed by atoms with van der Waals surface area (Å²) in [6.07, 6.45) is 3.06. The van der Waals surface area contributed by atoms with Gasteiger partial charge in [0.05, 0.1) is 11.0 Å². The predicted molar refractivity (Wildman–Crippen MR) is 176 cm³/mol. The predicted octanol–water partition coefficient (Wildman–Crippen LogP) is 10.8. The molecule has 4 rings (SSSR count). The Morgan fingerprint density at radius 2 is 1.56 bits per heavy atom. The van der Waals surface area contributed by atoms with Crippen LogP contribution in [0.2, 0.25) is 18.1 Å². The van der Waals surface area contributed by atoms with Crippen LogP contribution >= 0.6 is 11.3 Å². The molecule has 0 N–H and O–H groups in total. The van der Waals surface area contributed by atoms with Crippen LogP contribution in [-0.4, -0.2) is 20.4 Å². The maximum Gasteiger partial charge on any atom is 0.331 e. The summed E-state index contributed by atoms with van der Waals surface area (Å²) in [5, 5.41) is 1.18. The van der Waals surface area contributed by atoms with E-state index in [1.165, 1.54) is 17.2 Å². The zero-order valence-corrected chi connectivity index (χ0v) is 27.5. The van der Waals surface area contributed by atoms with Crippen molar-refractivity contribution < 1.29 is 18.7 Å². The monoisotopic (exact) mass is 586 g/mol. The van der Waals surface area contributed by atoms with Crippen molar-refractivity contribution in [2.24, 2.45) is 0 Å². The van der Waals surface area contributed by atoms with Crippen LogP contribution in [0.25, 0.3) is 26.6 Å². The average Bonchev–Trinajstić information content (AvgIpc) is 3.24. The Kier molecular flexibility index (Phi) is 9.15. The molecule has 0 aliphatic rings. The normalized spacial score (nSPS) is 12.5. The topological polar surface area (TPSA) is 44.8 Å². The average molecular weight is 587 g/mol. The van der Waals surface area contributed by atoms with Gasteiger partial charge in [0.2, 0.25) is 8.32 Å². The molecule has 0 aliphatic heterocycles. The van der Waals surface area contributed by atoms with Crippen LogP contribution in [0.1, 0.15) is 65.5 Å². The van der Waals surface area contributed by atoms with E-state index in [1.54, 1.807) is 17.4 Å². The molecule has 0 amide bonds. The van der Waals surface area contributed by atoms with Crippen molar-refractivity contribution in [2.45, 2.75) is 78.6 Å². The van der Waals surface area contributed by atoms with Gasteiger partial charge in [-0.25, -0.2) is 4.79 Å². The second-order valence-electron chi connectivity index (χ2n) is 12.5. The molecule has 6 heteroatoms. The Labute approximate surface area is 250 Å². The van der Waals surface area contributed by atoms with E-state index >= 15 is 0 Å². The van der Waals surface area contributed by atoms with Gasteiger partial charge in [-0.15, -0.1) is 11.3 Å². The molecule has 0 radical (unpaired) electrons. The van der Waals surface area contributed by atoms with Crippen LogP contribution < -0.4 is 9.16 Å². The Hall–Kier alpha value is -3.35. The van der Waals surface area contributed by atoms with Crippen LogP contribution in [0.3, 0.4) is 0 Å². The second-order valence-corrected chi connectivity index (χ2v) is 18.3. The third kappa shape index (κ3) is 7.30. The molecule has 216 valence electrons. The van der Waals surface area contributed by atoms with E-state index in [0.29, 0.717) is 5.92 Å². The minimum Gasteiger partial charge on any atom is -0.543 e. The summed E-state index contributed by atoms with van der Waals surface area (Å²) in [5.41, 5.74) is 3.37. The minimum absolute atomic E-state index is 0.114. The van der Waals surface area contributed by atoms with Gasteiger partial charge in [-0.1, -0.05) is 71.0 Å². The molecule has 0 bridgehead atoms. The molecule has 0 atom stereocenters. The van der Waals surface area contributed by atoms with E-state index in [1.807, 2.05) is 38.1 Å². The maximum absolute atomic E-state index is 11.9. The molecule has 1 heterocycles. The molecular formula is C35H42O4SSi. The lowest BCUT2D eigenvalue weighted by Crippen LogP contribution is -2.43. The first-order valence-electron chi connectivity index (χ1n) is 14.3. The fourth-order valence-electron chi connectivity index (χ4n) is 4.25. The number of carbonyl (C=O) groups excluding carboxylic acids is 1. The summed E-state index contributed by atoms with van der Waals surface area (Å²) < 4.78 is 19.6. The highest BCUT2D eigenvalue weighted by molar-refractivity contribution is 7.22. The van der Waals surface area contributed by atoms with Crippen LogP contribution in [0.4, 0.5) is 0 Å². The highest BCUT2D eigenvalue weighted by atomic mass is 32.1. The van der Waals surface area contributed by atoms with Crippen LogP contribution in [0.5, 0.6) is 17.2 Å². The first-order valence-corrected chi connectivity index (χ1v) is 18.0. The summed E-state index contributed by atoms with van der Waals surface area (Å²) in [6.45, 7) is 19.4. The summed E-state index contributed by atoms with van der Waals surface area (Å²) >= 11 is 1.74. The third-order valence-corrected chi connectivity index (χ3v) is 13.0. The standard InChI is InChI=1S/C35H42O4SSi/c1-23(2)28-12-10-11-13-29(28)34-33(38-26-17-14-25(15-18-26)16-21-32(36)37-24(3)4)30-20-19-27(22-31(30)40-34)39-41(8,9)35(5,6)7/h10-24H,1-9H3. The number of rotatable bonds is 9. The van der Waals surface area contributed by atoms with Crippen molar-refractivity contribution in [1.82, 2.24) is 0 Å². The number of ether oxygens (including phenoxy) is 2. The van der Waals surface area contributed by atoms with Crippen molar-refractivity contribution in [3.8, 4) is 27.7 Å². The molecule has 4 nitrogen and oxygen atoms in total. The van der Waals surface area contributed by atoms with Gasteiger partial charge in [0.1, 0.15) is 11.5 Å². The smallest absolute Gasteiger partial charge is 0.331 e. The van der Waals surface area contributed by atoms with E-state index < -0.39 is 8.32 Å². The lowest BCUT2D eigenvalue weighted by molar-refractivity contribution is -0.141. The van der Waals surface area contributed by atoms with Crippen molar-refractivity contribution in [3.63, 3.8) is 0 Å². The largest absolute Gasteiger partial charge is 0.543 e. The van der Waals surface area contributed by atoms with Crippen molar-refractivity contribution in [2.75, 3.05) is 0 Å². The van der Waals surface area contributed by atoms with Gasteiger partial charge in [-0.3, -0.25) is 0 Å². The quantitative estimate of drug-likeness (QED) is 0.111. The van der Waals surface area contributed by atoms with Gasteiger partial charge in [0, 0.05) is 16.2 Å². The number of esters is 1. The highest BCUT2D eigenvalue weighted by Gasteiger charge is 2.39. The molecule has 0 spiro atoms. The van der Waals surface area contributed by atoms with Crippen LogP contribution in [-0.2, 0) is 9.53 Å². The summed E-state index contributed by atoms with van der Waals surface area (Å²) in [4.78, 5) is 13.0. The first kappa shape index (κ1) is 30.6. The minimum atomic E-state index is -1.98. The number of hydrogen-bond acceptors (Lipinski definition) is 5. The van der Waals surface area contributed by atoms with E-state index in [4.69, 9.17) is 13.9 Å². The van der Waals surface area contributed by atoms with Gasteiger partial charge >= 0.3 is 5.97 Å². The molecule has 0 aliphatic carbocycles. The SMILES string of the molecule is CC(C)OC(=O)C=Cc1ccc(Oc2c(-c3ccccc3C(C)C)sc3cc(O[Si](C)(C)C(C)(C)C)ccc23)cc1. The number of thiophene rings is 1. The van der Waals surface area contributed by atoms with Gasteiger partial charge in [-0.05, 0) is 91.0 Å². The summed E-state index contributed by atoms with van der Waals surface area (Å²) in [6, 6.07) is 22.7. The number of carbonyl (C=O) groups is 1. The van der Waals surface area contributed by atoms with Gasteiger partial charge in [-0.2, -0.15) is 0 Å². The summed E-state index contributed by atoms with van der Waals surface area (Å²) in [7, 11) is -1.98. The maximum atomic E-state index is 11.9. The van der Waals surface area contributed by atoms with Gasteiger partial charge < -0.3 is 13.9 Å². The zero-order valence-electron chi connectivity index (χ0n) is 25.7. The molecule has 1 aromatic heterocycles. The van der Waals surface area contributed by atoms with Crippen LogP contribution in [0, 0.1) is 0 Å². The number of fused-ring (bicyclic) bond motifs is 1. The Morgan fingerprint density at radius 1 is 0.902 bits per heavy atom. The molecule has 3 aromatic carbocycles. The van der Waals surface area contributed by atoms with E-state index in [9.17, 15) is 4.79 Å². The lowest BCUT2D eigenvalue weighted by atomic mass is 9.96. The zero-order chi connectivity index (χ0) is 29.9. The van der Waals surface area contributed by atoms with Gasteiger partial charge in [0.15, 0.2) is 5.75 Å². The molecule has 0 fully saturated rings. The Bertz CT molecular complexity index is 1540. The third-order valence-electron chi connectivity index (χ3n) is 7.49. The van der Waals surface area contributed by atoms with Crippen molar-refractivity contribution in [3.05, 3.63) is 83.9 Å². The second kappa shape index (κ2) is 12.3.